The number of nitrogens with one attached hydrogen (secondary N) is 1. The topological polar surface area (TPSA) is 59.3 Å². The van der Waals surface area contributed by atoms with Crippen LogP contribution in [-0.4, -0.2) is 15.8 Å². The van der Waals surface area contributed by atoms with E-state index in [2.05, 4.69) is 15.5 Å². The summed E-state index contributed by atoms with van der Waals surface area (Å²) in [7, 11) is 0. The third-order valence-electron chi connectivity index (χ3n) is 3.63. The van der Waals surface area contributed by atoms with Crippen LogP contribution in [0.2, 0.25) is 0 Å². The van der Waals surface area contributed by atoms with Crippen LogP contribution in [0.3, 0.4) is 0 Å². The number of nitrogens with zero attached hydrogens (tertiary/aromatic N) is 3. The van der Waals surface area contributed by atoms with Crippen molar-refractivity contribution in [2.45, 2.75) is 20.4 Å². The number of aryl methyl sites for hydroxylation is 1. The predicted octanol–water partition coefficient (Wildman–Crippen LogP) is 3.17. The highest BCUT2D eigenvalue weighted by Crippen LogP contribution is 2.11. The van der Waals surface area contributed by atoms with Crippen molar-refractivity contribution in [2.24, 2.45) is 5.10 Å². The lowest BCUT2D eigenvalue weighted by Crippen LogP contribution is -2.23. The zero-order valence-corrected chi connectivity index (χ0v) is 13.2. The van der Waals surface area contributed by atoms with Gasteiger partial charge in [-0.2, -0.15) is 5.10 Å². The van der Waals surface area contributed by atoms with E-state index < -0.39 is 0 Å². The maximum Gasteiger partial charge on any atom is 0.262 e. The third kappa shape index (κ3) is 3.13. The van der Waals surface area contributed by atoms with Gasteiger partial charge in [0.15, 0.2) is 0 Å². The standard InChI is InChI=1S/C18H18N4O/c1-3-22-17(23)15-6-4-5-7-16(15)20-18(22)21-19-12-14-10-8-13(2)9-11-14/h4-12H,3H2,1-2H3,(H,20,21)/b19-12-. The molecule has 3 rings (SSSR count). The van der Waals surface area contributed by atoms with E-state index in [1.165, 1.54) is 5.56 Å². The molecule has 23 heavy (non-hydrogen) atoms. The second kappa shape index (κ2) is 6.44. The van der Waals surface area contributed by atoms with Gasteiger partial charge in [0.1, 0.15) is 0 Å². The Morgan fingerprint density at radius 1 is 1.17 bits per heavy atom. The van der Waals surface area contributed by atoms with E-state index in [4.69, 9.17) is 0 Å². The first-order chi connectivity index (χ1) is 11.2. The average molecular weight is 306 g/mol. The molecule has 0 amide bonds. The summed E-state index contributed by atoms with van der Waals surface area (Å²) in [5.74, 6) is 0.444. The molecule has 5 nitrogen and oxygen atoms in total. The van der Waals surface area contributed by atoms with E-state index in [0.717, 1.165) is 5.56 Å². The van der Waals surface area contributed by atoms with Crippen LogP contribution in [0.4, 0.5) is 5.95 Å². The summed E-state index contributed by atoms with van der Waals surface area (Å²) in [6.07, 6.45) is 1.71. The lowest BCUT2D eigenvalue weighted by atomic mass is 10.2. The molecule has 0 fully saturated rings. The molecule has 3 aromatic rings. The Kier molecular flexibility index (Phi) is 4.19. The molecule has 5 heteroatoms. The minimum absolute atomic E-state index is 0.0638. The van der Waals surface area contributed by atoms with Crippen LogP contribution in [-0.2, 0) is 6.54 Å². The SMILES string of the molecule is CCn1c(N/N=C\c2ccc(C)cc2)nc2ccccc2c1=O. The van der Waals surface area contributed by atoms with Crippen LogP contribution in [0.1, 0.15) is 18.1 Å². The Morgan fingerprint density at radius 2 is 1.91 bits per heavy atom. The van der Waals surface area contributed by atoms with Crippen LogP contribution in [0.25, 0.3) is 10.9 Å². The van der Waals surface area contributed by atoms with Crippen molar-refractivity contribution < 1.29 is 0 Å². The number of aromatic nitrogens is 2. The fourth-order valence-electron chi connectivity index (χ4n) is 2.36. The summed E-state index contributed by atoms with van der Waals surface area (Å²) < 4.78 is 1.58. The summed E-state index contributed by atoms with van der Waals surface area (Å²) in [5, 5.41) is 4.81. The molecule has 1 heterocycles. The molecule has 1 N–H and O–H groups in total. The van der Waals surface area contributed by atoms with Crippen molar-refractivity contribution in [3.63, 3.8) is 0 Å². The second-order valence-corrected chi connectivity index (χ2v) is 5.28. The molecule has 0 unspecified atom stereocenters. The molecule has 0 aliphatic heterocycles. The van der Waals surface area contributed by atoms with Crippen molar-refractivity contribution in [1.29, 1.82) is 0 Å². The number of para-hydroxylation sites is 1. The summed E-state index contributed by atoms with van der Waals surface area (Å²) in [6, 6.07) is 15.3. The molecule has 0 saturated carbocycles. The molecule has 0 aliphatic carbocycles. The highest BCUT2D eigenvalue weighted by Gasteiger charge is 2.08. The largest absolute Gasteiger partial charge is 0.277 e. The summed E-state index contributed by atoms with van der Waals surface area (Å²) >= 11 is 0. The fourth-order valence-corrected chi connectivity index (χ4v) is 2.36. The van der Waals surface area contributed by atoms with Gasteiger partial charge in [0.05, 0.1) is 17.1 Å². The van der Waals surface area contributed by atoms with Gasteiger partial charge in [0, 0.05) is 6.54 Å². The van der Waals surface area contributed by atoms with Crippen molar-refractivity contribution in [2.75, 3.05) is 5.43 Å². The lowest BCUT2D eigenvalue weighted by Gasteiger charge is -2.10. The minimum Gasteiger partial charge on any atom is -0.277 e. The van der Waals surface area contributed by atoms with Crippen LogP contribution < -0.4 is 11.0 Å². The molecule has 2 aromatic carbocycles. The van der Waals surface area contributed by atoms with Gasteiger partial charge >= 0.3 is 0 Å². The number of fused-ring (bicyclic) bond motifs is 1. The number of rotatable bonds is 4. The summed E-state index contributed by atoms with van der Waals surface area (Å²) in [6.45, 7) is 4.48. The first-order valence-corrected chi connectivity index (χ1v) is 7.54. The van der Waals surface area contributed by atoms with Crippen LogP contribution in [0.5, 0.6) is 0 Å². The van der Waals surface area contributed by atoms with Gasteiger partial charge in [-0.25, -0.2) is 10.4 Å². The molecule has 1 aromatic heterocycles. The Bertz CT molecular complexity index is 910. The third-order valence-corrected chi connectivity index (χ3v) is 3.63. The van der Waals surface area contributed by atoms with E-state index in [9.17, 15) is 4.79 Å². The molecule has 0 saturated heterocycles. The molecule has 0 bridgehead atoms. The van der Waals surface area contributed by atoms with E-state index in [0.29, 0.717) is 23.4 Å². The highest BCUT2D eigenvalue weighted by atomic mass is 16.1. The first kappa shape index (κ1) is 15.0. The quantitative estimate of drug-likeness (QED) is 0.595. The van der Waals surface area contributed by atoms with E-state index >= 15 is 0 Å². The Morgan fingerprint density at radius 3 is 2.65 bits per heavy atom. The maximum absolute atomic E-state index is 12.5. The first-order valence-electron chi connectivity index (χ1n) is 7.54. The molecule has 0 aliphatic rings. The number of hydrogen-bond acceptors (Lipinski definition) is 4. The van der Waals surface area contributed by atoms with Gasteiger partial charge in [-0.3, -0.25) is 9.36 Å². The molecule has 116 valence electrons. The molecule has 0 radical (unpaired) electrons. The maximum atomic E-state index is 12.5. The second-order valence-electron chi connectivity index (χ2n) is 5.28. The van der Waals surface area contributed by atoms with Crippen LogP contribution >= 0.6 is 0 Å². The van der Waals surface area contributed by atoms with E-state index in [-0.39, 0.29) is 5.56 Å². The molecule has 0 atom stereocenters. The number of hydrazone groups is 1. The Balaban J connectivity index is 1.93. The van der Waals surface area contributed by atoms with Gasteiger partial charge in [-0.15, -0.1) is 0 Å². The van der Waals surface area contributed by atoms with Crippen molar-refractivity contribution in [3.8, 4) is 0 Å². The summed E-state index contributed by atoms with van der Waals surface area (Å²) in [4.78, 5) is 17.0. The van der Waals surface area contributed by atoms with Gasteiger partial charge in [0.2, 0.25) is 5.95 Å². The normalized spacial score (nSPS) is 11.2. The van der Waals surface area contributed by atoms with Gasteiger partial charge in [-0.1, -0.05) is 42.0 Å². The van der Waals surface area contributed by atoms with Gasteiger partial charge < -0.3 is 0 Å². The van der Waals surface area contributed by atoms with E-state index in [1.54, 1.807) is 16.8 Å². The van der Waals surface area contributed by atoms with Crippen LogP contribution in [0, 0.1) is 6.92 Å². The number of benzene rings is 2. The van der Waals surface area contributed by atoms with Gasteiger partial charge in [-0.05, 0) is 31.5 Å². The molecule has 0 spiro atoms. The van der Waals surface area contributed by atoms with Crippen molar-refractivity contribution >= 4 is 23.1 Å². The Labute approximate surface area is 134 Å². The monoisotopic (exact) mass is 306 g/mol. The number of hydrogen-bond donors (Lipinski definition) is 1. The van der Waals surface area contributed by atoms with Crippen molar-refractivity contribution in [1.82, 2.24) is 9.55 Å². The number of anilines is 1. The predicted molar refractivity (Wildman–Crippen MR) is 94.1 cm³/mol. The molecular weight excluding hydrogens is 288 g/mol. The zero-order chi connectivity index (χ0) is 16.2. The Hall–Kier alpha value is -2.95. The average Bonchev–Trinajstić information content (AvgIpc) is 2.57. The van der Waals surface area contributed by atoms with E-state index in [1.807, 2.05) is 56.3 Å². The smallest absolute Gasteiger partial charge is 0.262 e. The lowest BCUT2D eigenvalue weighted by molar-refractivity contribution is 0.724. The molecular formula is C18H18N4O. The summed E-state index contributed by atoms with van der Waals surface area (Å²) in [5.41, 5.74) is 5.66. The zero-order valence-electron chi connectivity index (χ0n) is 13.2. The van der Waals surface area contributed by atoms with Crippen LogP contribution in [0.15, 0.2) is 58.4 Å². The minimum atomic E-state index is -0.0638. The highest BCUT2D eigenvalue weighted by molar-refractivity contribution is 5.81. The van der Waals surface area contributed by atoms with Crippen molar-refractivity contribution in [3.05, 3.63) is 70.0 Å². The fraction of sp³-hybridized carbons (Fsp3) is 0.167. The van der Waals surface area contributed by atoms with Gasteiger partial charge in [0.25, 0.3) is 5.56 Å².